The molecule has 1 fully saturated rings. The number of ether oxygens (including phenoxy) is 2. The fraction of sp³-hybridized carbons (Fsp3) is 0.417. The Morgan fingerprint density at radius 2 is 1.70 bits per heavy atom. The Hall–Kier alpha value is -1.19. The summed E-state index contributed by atoms with van der Waals surface area (Å²) in [6.07, 6.45) is -8.04. The number of carboxylic acids is 1. The number of hydrogen-bond donors (Lipinski definition) is 4. The van der Waals surface area contributed by atoms with Crippen molar-refractivity contribution in [1.29, 1.82) is 0 Å². The van der Waals surface area contributed by atoms with Crippen LogP contribution in [0.3, 0.4) is 0 Å². The Balaban J connectivity index is 2.13. The molecule has 2 rings (SSSR count). The van der Waals surface area contributed by atoms with Gasteiger partial charge in [-0.1, -0.05) is 15.9 Å². The first-order chi connectivity index (χ1) is 9.40. The van der Waals surface area contributed by atoms with Crippen molar-refractivity contribution in [2.24, 2.45) is 0 Å². The molecule has 0 amide bonds. The normalized spacial score (nSPS) is 33.7. The molecule has 8 heteroatoms. The predicted octanol–water partition coefficient (Wildman–Crippen LogP) is -0.280. The molecule has 0 radical (unpaired) electrons. The Morgan fingerprint density at radius 3 is 2.25 bits per heavy atom. The summed E-state index contributed by atoms with van der Waals surface area (Å²) in [5.41, 5.74) is 0. The molecule has 110 valence electrons. The van der Waals surface area contributed by atoms with E-state index < -0.39 is 36.7 Å². The van der Waals surface area contributed by atoms with Gasteiger partial charge in [0.25, 0.3) is 0 Å². The van der Waals surface area contributed by atoms with E-state index in [0.29, 0.717) is 5.75 Å². The molecule has 5 atom stereocenters. The third-order valence-corrected chi connectivity index (χ3v) is 3.41. The maximum atomic E-state index is 10.9. The van der Waals surface area contributed by atoms with Gasteiger partial charge >= 0.3 is 5.97 Å². The van der Waals surface area contributed by atoms with Gasteiger partial charge in [-0.2, -0.15) is 0 Å². The minimum absolute atomic E-state index is 0.324. The number of carboxylic acid groups (broad SMARTS) is 1. The van der Waals surface area contributed by atoms with E-state index in [1.165, 1.54) is 0 Å². The lowest BCUT2D eigenvalue weighted by Crippen LogP contribution is -2.61. The van der Waals surface area contributed by atoms with Gasteiger partial charge in [0.05, 0.1) is 0 Å². The van der Waals surface area contributed by atoms with Crippen molar-refractivity contribution in [2.75, 3.05) is 0 Å². The zero-order valence-electron chi connectivity index (χ0n) is 10.1. The van der Waals surface area contributed by atoms with E-state index in [-0.39, 0.29) is 0 Å². The summed E-state index contributed by atoms with van der Waals surface area (Å²) in [4.78, 5) is 10.9. The molecule has 1 unspecified atom stereocenters. The van der Waals surface area contributed by atoms with Crippen molar-refractivity contribution in [3.8, 4) is 5.75 Å². The Bertz CT molecular complexity index is 477. The summed E-state index contributed by atoms with van der Waals surface area (Å²) >= 11 is 3.24. The van der Waals surface area contributed by atoms with Crippen LogP contribution < -0.4 is 4.74 Å². The molecule has 20 heavy (non-hydrogen) atoms. The fourth-order valence-electron chi connectivity index (χ4n) is 1.80. The van der Waals surface area contributed by atoms with Crippen LogP contribution in [-0.4, -0.2) is 57.1 Å². The van der Waals surface area contributed by atoms with Gasteiger partial charge in [-0.3, -0.25) is 0 Å². The average molecular weight is 349 g/mol. The number of rotatable bonds is 3. The molecular weight excluding hydrogens is 336 g/mol. The molecule has 1 aromatic carbocycles. The molecule has 1 aromatic rings. The summed E-state index contributed by atoms with van der Waals surface area (Å²) in [6.45, 7) is 0. The molecule has 1 aliphatic rings. The van der Waals surface area contributed by atoms with Gasteiger partial charge in [-0.15, -0.1) is 0 Å². The highest BCUT2D eigenvalue weighted by Gasteiger charge is 2.48. The van der Waals surface area contributed by atoms with E-state index >= 15 is 0 Å². The largest absolute Gasteiger partial charge is 0.479 e. The minimum Gasteiger partial charge on any atom is -0.479 e. The van der Waals surface area contributed by atoms with Crippen LogP contribution >= 0.6 is 15.9 Å². The first kappa shape index (κ1) is 15.2. The van der Waals surface area contributed by atoms with Crippen molar-refractivity contribution in [3.05, 3.63) is 28.7 Å². The van der Waals surface area contributed by atoms with Gasteiger partial charge in [-0.05, 0) is 24.3 Å². The third kappa shape index (κ3) is 3.10. The minimum atomic E-state index is -1.73. The van der Waals surface area contributed by atoms with Crippen molar-refractivity contribution in [3.63, 3.8) is 0 Å². The van der Waals surface area contributed by atoms with Crippen LogP contribution in [0.4, 0.5) is 0 Å². The van der Waals surface area contributed by atoms with Gasteiger partial charge in [0.2, 0.25) is 6.29 Å². The van der Waals surface area contributed by atoms with E-state index in [2.05, 4.69) is 15.9 Å². The Morgan fingerprint density at radius 1 is 1.10 bits per heavy atom. The zero-order chi connectivity index (χ0) is 14.9. The predicted molar refractivity (Wildman–Crippen MR) is 69.1 cm³/mol. The lowest BCUT2D eigenvalue weighted by atomic mass is 9.99. The second-order valence-corrected chi connectivity index (χ2v) is 5.22. The fourth-order valence-corrected chi connectivity index (χ4v) is 2.06. The molecule has 0 aromatic heterocycles. The quantitative estimate of drug-likeness (QED) is 0.593. The number of halogens is 1. The van der Waals surface area contributed by atoms with E-state index in [4.69, 9.17) is 14.6 Å². The molecule has 1 saturated heterocycles. The molecular formula is C12H13BrO7. The van der Waals surface area contributed by atoms with Crippen molar-refractivity contribution < 1.29 is 34.7 Å². The van der Waals surface area contributed by atoms with Crippen molar-refractivity contribution >= 4 is 21.9 Å². The van der Waals surface area contributed by atoms with E-state index in [9.17, 15) is 20.1 Å². The summed E-state index contributed by atoms with van der Waals surface area (Å²) in [7, 11) is 0. The Kier molecular flexibility index (Phi) is 4.61. The summed E-state index contributed by atoms with van der Waals surface area (Å²) in [5, 5.41) is 37.8. The van der Waals surface area contributed by atoms with Gasteiger partial charge < -0.3 is 29.9 Å². The van der Waals surface area contributed by atoms with Gasteiger partial charge in [-0.25, -0.2) is 4.79 Å². The maximum Gasteiger partial charge on any atom is 0.335 e. The maximum absolute atomic E-state index is 10.9. The number of benzene rings is 1. The number of hydrogen-bond acceptors (Lipinski definition) is 6. The molecule has 0 aliphatic carbocycles. The number of carbonyl (C=O) groups is 1. The highest BCUT2D eigenvalue weighted by molar-refractivity contribution is 9.10. The second kappa shape index (κ2) is 6.06. The van der Waals surface area contributed by atoms with Crippen LogP contribution in [0.15, 0.2) is 28.7 Å². The standard InChI is InChI=1S/C12H13BrO7/c13-5-1-3-6(4-2-5)19-12-9(16)7(14)8(15)10(20-12)11(17)18/h1-4,7-10,12,14-16H,(H,17,18)/t7-,8-,9+,10-,12?/m0/s1. The molecule has 1 heterocycles. The van der Waals surface area contributed by atoms with Crippen LogP contribution in [0.2, 0.25) is 0 Å². The smallest absolute Gasteiger partial charge is 0.335 e. The van der Waals surface area contributed by atoms with E-state index in [0.717, 1.165) is 4.47 Å². The van der Waals surface area contributed by atoms with Crippen LogP contribution in [0.5, 0.6) is 5.75 Å². The average Bonchev–Trinajstić information content (AvgIpc) is 2.41. The number of aliphatic hydroxyl groups excluding tert-OH is 3. The molecule has 0 bridgehead atoms. The summed E-state index contributed by atoms with van der Waals surface area (Å²) in [5.74, 6) is -1.13. The molecule has 0 spiro atoms. The number of aliphatic hydroxyl groups is 3. The van der Waals surface area contributed by atoms with Gasteiger partial charge in [0, 0.05) is 4.47 Å². The van der Waals surface area contributed by atoms with Gasteiger partial charge in [0.1, 0.15) is 24.1 Å². The highest BCUT2D eigenvalue weighted by atomic mass is 79.9. The van der Waals surface area contributed by atoms with E-state index in [1.54, 1.807) is 24.3 Å². The summed E-state index contributed by atoms with van der Waals surface area (Å²) in [6, 6.07) is 6.52. The third-order valence-electron chi connectivity index (χ3n) is 2.88. The van der Waals surface area contributed by atoms with Crippen LogP contribution in [-0.2, 0) is 9.53 Å². The van der Waals surface area contributed by atoms with Crippen LogP contribution in [0, 0.1) is 0 Å². The second-order valence-electron chi connectivity index (χ2n) is 4.31. The number of aliphatic carboxylic acids is 1. The highest BCUT2D eigenvalue weighted by Crippen LogP contribution is 2.25. The van der Waals surface area contributed by atoms with E-state index in [1.807, 2.05) is 0 Å². The first-order valence-corrected chi connectivity index (χ1v) is 6.54. The first-order valence-electron chi connectivity index (χ1n) is 5.75. The van der Waals surface area contributed by atoms with Crippen LogP contribution in [0.25, 0.3) is 0 Å². The topological polar surface area (TPSA) is 116 Å². The van der Waals surface area contributed by atoms with Gasteiger partial charge in [0.15, 0.2) is 6.10 Å². The van der Waals surface area contributed by atoms with Crippen LogP contribution in [0.1, 0.15) is 0 Å². The lowest BCUT2D eigenvalue weighted by molar-refractivity contribution is -0.271. The molecule has 4 N–H and O–H groups in total. The van der Waals surface area contributed by atoms with Crippen molar-refractivity contribution in [1.82, 2.24) is 0 Å². The Labute approximate surface area is 122 Å². The molecule has 7 nitrogen and oxygen atoms in total. The SMILES string of the molecule is O=C(O)[C@H]1OC(Oc2ccc(Br)cc2)[C@H](O)[C@@H](O)[C@@H]1O. The van der Waals surface area contributed by atoms with Crippen molar-refractivity contribution in [2.45, 2.75) is 30.7 Å². The zero-order valence-corrected chi connectivity index (χ0v) is 11.7. The molecule has 0 saturated carbocycles. The molecule has 1 aliphatic heterocycles. The summed E-state index contributed by atoms with van der Waals surface area (Å²) < 4.78 is 11.1. The monoisotopic (exact) mass is 348 g/mol. The lowest BCUT2D eigenvalue weighted by Gasteiger charge is -2.38.